The van der Waals surface area contributed by atoms with Crippen molar-refractivity contribution in [1.29, 1.82) is 0 Å². The molecule has 1 heterocycles. The van der Waals surface area contributed by atoms with Crippen LogP contribution in [0.4, 0.5) is 11.4 Å². The maximum Gasteiger partial charge on any atom is 0.238 e. The van der Waals surface area contributed by atoms with E-state index in [0.717, 1.165) is 12.2 Å². The van der Waals surface area contributed by atoms with E-state index in [4.69, 9.17) is 17.4 Å². The van der Waals surface area contributed by atoms with E-state index in [2.05, 4.69) is 27.7 Å². The lowest BCUT2D eigenvalue weighted by atomic mass is 10.1. The molecule has 144 valence electrons. The van der Waals surface area contributed by atoms with Crippen LogP contribution in [0.2, 0.25) is 0 Å². The van der Waals surface area contributed by atoms with E-state index in [-0.39, 0.29) is 4.90 Å². The summed E-state index contributed by atoms with van der Waals surface area (Å²) in [6, 6.07) is 14.4. The zero-order chi connectivity index (χ0) is 19.3. The number of likely N-dealkylation sites (tertiary alicyclic amines) is 1. The summed E-state index contributed by atoms with van der Waals surface area (Å²) >= 11 is 5.31. The Kier molecular flexibility index (Phi) is 6.43. The first-order chi connectivity index (χ1) is 12.9. The third kappa shape index (κ3) is 6.00. The lowest BCUT2D eigenvalue weighted by Gasteiger charge is -2.26. The summed E-state index contributed by atoms with van der Waals surface area (Å²) < 4.78 is 22.6. The normalized spacial score (nSPS) is 15.3. The molecule has 0 radical (unpaired) electrons. The topological polar surface area (TPSA) is 87.5 Å². The van der Waals surface area contributed by atoms with Crippen LogP contribution in [-0.4, -0.2) is 31.5 Å². The van der Waals surface area contributed by atoms with E-state index in [1.165, 1.54) is 50.0 Å². The van der Waals surface area contributed by atoms with Gasteiger partial charge in [-0.15, -0.1) is 0 Å². The highest BCUT2D eigenvalue weighted by atomic mass is 32.2. The van der Waals surface area contributed by atoms with Gasteiger partial charge in [-0.25, -0.2) is 13.6 Å². The minimum absolute atomic E-state index is 0.0659. The third-order valence-corrected chi connectivity index (χ3v) is 5.64. The van der Waals surface area contributed by atoms with Crippen LogP contribution in [0.15, 0.2) is 53.4 Å². The maximum atomic E-state index is 11.3. The van der Waals surface area contributed by atoms with Gasteiger partial charge in [-0.05, 0) is 80.1 Å². The second-order valence-electron chi connectivity index (χ2n) is 6.68. The Bertz CT molecular complexity index is 875. The van der Waals surface area contributed by atoms with Gasteiger partial charge in [0.2, 0.25) is 10.0 Å². The standard InChI is InChI=1S/C19H24N4O2S2/c20-27(24,25)18-10-8-17(9-11-18)22-19(26)21-16-6-4-15(5-7-16)14-23-12-2-1-3-13-23/h4-11H,1-3,12-14H2,(H2,20,24,25)(H2,21,22,26). The molecule has 6 nitrogen and oxygen atoms in total. The van der Waals surface area contributed by atoms with Crippen molar-refractivity contribution in [3.8, 4) is 0 Å². The Balaban J connectivity index is 1.53. The Hall–Kier alpha value is -2.00. The number of hydrogen-bond donors (Lipinski definition) is 3. The molecule has 27 heavy (non-hydrogen) atoms. The van der Waals surface area contributed by atoms with Crippen LogP contribution in [0.25, 0.3) is 0 Å². The first-order valence-corrected chi connectivity index (χ1v) is 10.9. The fourth-order valence-electron chi connectivity index (χ4n) is 3.09. The molecule has 1 fully saturated rings. The molecule has 1 saturated heterocycles. The second-order valence-corrected chi connectivity index (χ2v) is 8.65. The number of nitrogens with zero attached hydrogens (tertiary/aromatic N) is 1. The highest BCUT2D eigenvalue weighted by Crippen LogP contribution is 2.16. The Labute approximate surface area is 165 Å². The Morgan fingerprint density at radius 2 is 1.44 bits per heavy atom. The van der Waals surface area contributed by atoms with Crippen molar-refractivity contribution in [2.24, 2.45) is 5.14 Å². The van der Waals surface area contributed by atoms with E-state index >= 15 is 0 Å². The van der Waals surface area contributed by atoms with Crippen LogP contribution in [-0.2, 0) is 16.6 Å². The number of primary sulfonamides is 1. The van der Waals surface area contributed by atoms with Gasteiger partial charge in [0.25, 0.3) is 0 Å². The largest absolute Gasteiger partial charge is 0.332 e. The van der Waals surface area contributed by atoms with Crippen LogP contribution >= 0.6 is 12.2 Å². The molecular weight excluding hydrogens is 380 g/mol. The molecular formula is C19H24N4O2S2. The third-order valence-electron chi connectivity index (χ3n) is 4.51. The van der Waals surface area contributed by atoms with Gasteiger partial charge in [0.1, 0.15) is 0 Å². The van der Waals surface area contributed by atoms with E-state index < -0.39 is 10.0 Å². The van der Waals surface area contributed by atoms with Crippen molar-refractivity contribution < 1.29 is 8.42 Å². The number of anilines is 2. The van der Waals surface area contributed by atoms with Crippen molar-refractivity contribution in [2.75, 3.05) is 23.7 Å². The Morgan fingerprint density at radius 3 is 1.96 bits per heavy atom. The molecule has 4 N–H and O–H groups in total. The molecule has 0 saturated carbocycles. The number of benzene rings is 2. The highest BCUT2D eigenvalue weighted by Gasteiger charge is 2.10. The highest BCUT2D eigenvalue weighted by molar-refractivity contribution is 7.89. The number of thiocarbonyl (C=S) groups is 1. The molecule has 0 amide bonds. The number of nitrogens with two attached hydrogens (primary N) is 1. The summed E-state index contributed by atoms with van der Waals surface area (Å²) in [6.07, 6.45) is 3.92. The minimum Gasteiger partial charge on any atom is -0.332 e. The number of nitrogens with one attached hydrogen (secondary N) is 2. The van der Waals surface area contributed by atoms with E-state index in [1.807, 2.05) is 12.1 Å². The van der Waals surface area contributed by atoms with Crippen molar-refractivity contribution in [2.45, 2.75) is 30.7 Å². The molecule has 0 bridgehead atoms. The van der Waals surface area contributed by atoms with Crippen molar-refractivity contribution in [1.82, 2.24) is 4.90 Å². The molecule has 1 aliphatic rings. The summed E-state index contributed by atoms with van der Waals surface area (Å²) in [6.45, 7) is 3.34. The van der Waals surface area contributed by atoms with E-state index in [9.17, 15) is 8.42 Å². The van der Waals surface area contributed by atoms with Gasteiger partial charge >= 0.3 is 0 Å². The summed E-state index contributed by atoms with van der Waals surface area (Å²) in [7, 11) is -3.69. The summed E-state index contributed by atoms with van der Waals surface area (Å²) in [5, 5.41) is 11.7. The molecule has 3 rings (SSSR count). The Morgan fingerprint density at radius 1 is 0.926 bits per heavy atom. The summed E-state index contributed by atoms with van der Waals surface area (Å²) in [4.78, 5) is 2.56. The van der Waals surface area contributed by atoms with Crippen LogP contribution in [0.3, 0.4) is 0 Å². The minimum atomic E-state index is -3.69. The quantitative estimate of drug-likeness (QED) is 0.664. The second kappa shape index (κ2) is 8.79. The van der Waals surface area contributed by atoms with Gasteiger partial charge in [0.05, 0.1) is 4.90 Å². The van der Waals surface area contributed by atoms with Gasteiger partial charge < -0.3 is 10.6 Å². The number of hydrogen-bond acceptors (Lipinski definition) is 4. The fraction of sp³-hybridized carbons (Fsp3) is 0.316. The smallest absolute Gasteiger partial charge is 0.238 e. The van der Waals surface area contributed by atoms with Crippen molar-refractivity contribution in [3.63, 3.8) is 0 Å². The van der Waals surface area contributed by atoms with Gasteiger partial charge in [-0.1, -0.05) is 18.6 Å². The molecule has 0 aliphatic carbocycles. The summed E-state index contributed by atoms with van der Waals surface area (Å²) in [5.41, 5.74) is 2.87. The monoisotopic (exact) mass is 404 g/mol. The lowest BCUT2D eigenvalue weighted by molar-refractivity contribution is 0.221. The molecule has 0 atom stereocenters. The van der Waals surface area contributed by atoms with Crippen LogP contribution in [0.5, 0.6) is 0 Å². The van der Waals surface area contributed by atoms with Crippen LogP contribution in [0, 0.1) is 0 Å². The van der Waals surface area contributed by atoms with E-state index in [1.54, 1.807) is 12.1 Å². The fourth-order valence-corrected chi connectivity index (χ4v) is 3.84. The predicted molar refractivity (Wildman–Crippen MR) is 113 cm³/mol. The SMILES string of the molecule is NS(=O)(=O)c1ccc(NC(=S)Nc2ccc(CN3CCCCC3)cc2)cc1. The first-order valence-electron chi connectivity index (χ1n) is 8.92. The maximum absolute atomic E-state index is 11.3. The molecule has 0 unspecified atom stereocenters. The van der Waals surface area contributed by atoms with Gasteiger partial charge in [0.15, 0.2) is 5.11 Å². The van der Waals surface area contributed by atoms with Crippen molar-refractivity contribution in [3.05, 3.63) is 54.1 Å². The molecule has 1 aliphatic heterocycles. The predicted octanol–water partition coefficient (Wildman–Crippen LogP) is 3.13. The van der Waals surface area contributed by atoms with Gasteiger partial charge in [-0.2, -0.15) is 0 Å². The average molecular weight is 405 g/mol. The van der Waals surface area contributed by atoms with Crippen LogP contribution in [0.1, 0.15) is 24.8 Å². The number of sulfonamides is 1. The zero-order valence-electron chi connectivity index (χ0n) is 15.0. The molecule has 8 heteroatoms. The van der Waals surface area contributed by atoms with Gasteiger partial charge in [-0.3, -0.25) is 4.90 Å². The van der Waals surface area contributed by atoms with E-state index in [0.29, 0.717) is 10.8 Å². The molecule has 2 aromatic carbocycles. The number of rotatable bonds is 5. The summed E-state index contributed by atoms with van der Waals surface area (Å²) in [5.74, 6) is 0. The number of piperidine rings is 1. The molecule has 2 aromatic rings. The first kappa shape index (κ1) is 19.8. The molecule has 0 aromatic heterocycles. The van der Waals surface area contributed by atoms with Gasteiger partial charge in [0, 0.05) is 17.9 Å². The zero-order valence-corrected chi connectivity index (χ0v) is 16.7. The molecule has 0 spiro atoms. The van der Waals surface area contributed by atoms with Crippen LogP contribution < -0.4 is 15.8 Å². The lowest BCUT2D eigenvalue weighted by Crippen LogP contribution is -2.29. The average Bonchev–Trinajstić information content (AvgIpc) is 2.64. The van der Waals surface area contributed by atoms with Crippen molar-refractivity contribution >= 4 is 38.7 Å².